The fraction of sp³-hybridized carbons (Fsp3) is 0.310. The molecule has 0 aliphatic heterocycles. The van der Waals surface area contributed by atoms with Gasteiger partial charge >= 0.3 is 0 Å². The molecule has 4 aromatic carbocycles. The minimum Gasteiger partial charge on any atom is -0.125 e. The lowest BCUT2D eigenvalue weighted by molar-refractivity contribution is 0.838. The maximum Gasteiger partial charge on any atom is 0.146 e. The average molecular weight is 409 g/mol. The van der Waals surface area contributed by atoms with Crippen molar-refractivity contribution in [3.05, 3.63) is 72.3 Å². The van der Waals surface area contributed by atoms with Crippen LogP contribution in [-0.4, -0.2) is 8.07 Å². The largest absolute Gasteiger partial charge is 0.146 e. The fourth-order valence-corrected chi connectivity index (χ4v) is 10.7. The molecule has 0 saturated carbocycles. The highest BCUT2D eigenvalue weighted by molar-refractivity contribution is 6.90. The van der Waals surface area contributed by atoms with Crippen LogP contribution in [0.15, 0.2) is 66.7 Å². The highest BCUT2D eigenvalue weighted by atomic mass is 28.3. The van der Waals surface area contributed by atoms with Crippen molar-refractivity contribution in [3.8, 4) is 11.5 Å². The second kappa shape index (κ2) is 7.93. The average Bonchev–Trinajstić information content (AvgIpc) is 2.72. The summed E-state index contributed by atoms with van der Waals surface area (Å²) in [6.45, 7) is 14.2. The van der Waals surface area contributed by atoms with Gasteiger partial charge in [0.05, 0.1) is 0 Å². The van der Waals surface area contributed by atoms with E-state index >= 15 is 0 Å². The first-order valence-electron chi connectivity index (χ1n) is 11.2. The van der Waals surface area contributed by atoms with E-state index < -0.39 is 8.07 Å². The maximum atomic E-state index is 3.86. The van der Waals surface area contributed by atoms with E-state index in [1.165, 1.54) is 32.3 Å². The molecule has 0 saturated heterocycles. The molecule has 0 radical (unpaired) electrons. The lowest BCUT2D eigenvalue weighted by Gasteiger charge is -2.38. The molecular weight excluding hydrogens is 376 g/mol. The Labute approximate surface area is 182 Å². The molecule has 0 amide bonds. The quantitative estimate of drug-likeness (QED) is 0.181. The summed E-state index contributed by atoms with van der Waals surface area (Å²) in [6, 6.07) is 24.4. The van der Waals surface area contributed by atoms with Gasteiger partial charge in [-0.25, -0.2) is 0 Å². The van der Waals surface area contributed by atoms with Crippen molar-refractivity contribution < 1.29 is 0 Å². The van der Waals surface area contributed by atoms with E-state index in [9.17, 15) is 0 Å². The van der Waals surface area contributed by atoms with Crippen LogP contribution < -0.4 is 0 Å². The van der Waals surface area contributed by atoms with Crippen molar-refractivity contribution in [3.63, 3.8) is 0 Å². The highest BCUT2D eigenvalue weighted by Crippen LogP contribution is 2.41. The van der Waals surface area contributed by atoms with Crippen LogP contribution in [0.2, 0.25) is 16.6 Å². The molecule has 0 nitrogen and oxygen atoms in total. The van der Waals surface area contributed by atoms with Crippen molar-refractivity contribution in [1.29, 1.82) is 0 Å². The van der Waals surface area contributed by atoms with Gasteiger partial charge in [0.2, 0.25) is 0 Å². The van der Waals surface area contributed by atoms with E-state index in [-0.39, 0.29) is 0 Å². The highest BCUT2D eigenvalue weighted by Gasteiger charge is 2.41. The molecular formula is C29H32Si. The van der Waals surface area contributed by atoms with Gasteiger partial charge in [0.25, 0.3) is 0 Å². The molecule has 30 heavy (non-hydrogen) atoms. The lowest BCUT2D eigenvalue weighted by Crippen LogP contribution is -2.43. The van der Waals surface area contributed by atoms with E-state index in [0.717, 1.165) is 5.56 Å². The summed E-state index contributed by atoms with van der Waals surface area (Å²) >= 11 is 0. The Hall–Kier alpha value is -2.56. The summed E-state index contributed by atoms with van der Waals surface area (Å²) < 4.78 is 0. The molecule has 152 valence electrons. The van der Waals surface area contributed by atoms with Crippen molar-refractivity contribution in [2.24, 2.45) is 0 Å². The molecule has 4 rings (SSSR count). The van der Waals surface area contributed by atoms with Crippen LogP contribution in [0.5, 0.6) is 0 Å². The molecule has 1 heteroatoms. The van der Waals surface area contributed by atoms with Gasteiger partial charge in [0.15, 0.2) is 0 Å². The Kier molecular flexibility index (Phi) is 5.47. The summed E-state index contributed by atoms with van der Waals surface area (Å²) in [5, 5.41) is 7.84. The monoisotopic (exact) mass is 408 g/mol. The zero-order valence-corrected chi connectivity index (χ0v) is 20.1. The molecule has 0 spiro atoms. The van der Waals surface area contributed by atoms with Crippen LogP contribution in [-0.2, 0) is 0 Å². The maximum absolute atomic E-state index is 3.86. The molecule has 0 aromatic heterocycles. The fourth-order valence-electron chi connectivity index (χ4n) is 5.52. The number of fused-ring (bicyclic) bond motifs is 5. The smallest absolute Gasteiger partial charge is 0.125 e. The second-order valence-electron chi connectivity index (χ2n) is 9.53. The first-order chi connectivity index (χ1) is 14.3. The first-order valence-corrected chi connectivity index (χ1v) is 13.4. The number of hydrogen-bond acceptors (Lipinski definition) is 0. The van der Waals surface area contributed by atoms with E-state index in [2.05, 4.69) is 120 Å². The Balaban J connectivity index is 1.85. The van der Waals surface area contributed by atoms with Gasteiger partial charge in [-0.2, -0.15) is 0 Å². The van der Waals surface area contributed by atoms with Crippen LogP contribution in [0.3, 0.4) is 0 Å². The van der Waals surface area contributed by atoms with Crippen LogP contribution >= 0.6 is 0 Å². The molecule has 0 aliphatic rings. The molecule has 0 N–H and O–H groups in total. The van der Waals surface area contributed by atoms with Crippen LogP contribution in [0.4, 0.5) is 0 Å². The number of rotatable bonds is 3. The lowest BCUT2D eigenvalue weighted by atomic mass is 9.96. The van der Waals surface area contributed by atoms with Gasteiger partial charge in [-0.15, -0.1) is 5.54 Å². The summed E-state index contributed by atoms with van der Waals surface area (Å²) in [5.41, 5.74) is 6.97. The zero-order chi connectivity index (χ0) is 21.5. The summed E-state index contributed by atoms with van der Waals surface area (Å²) in [6.07, 6.45) is 0. The van der Waals surface area contributed by atoms with E-state index in [1.54, 1.807) is 0 Å². The summed E-state index contributed by atoms with van der Waals surface area (Å²) in [4.78, 5) is 0. The molecule has 0 unspecified atom stereocenters. The Morgan fingerprint density at radius 3 is 1.73 bits per heavy atom. The summed E-state index contributed by atoms with van der Waals surface area (Å²) in [5.74, 6) is 3.61. The molecule has 0 aliphatic carbocycles. The van der Waals surface area contributed by atoms with Crippen LogP contribution in [0.25, 0.3) is 32.3 Å². The van der Waals surface area contributed by atoms with E-state index in [1.807, 2.05) is 0 Å². The minimum absolute atomic E-state index is 0.655. The molecule has 0 fully saturated rings. The zero-order valence-electron chi connectivity index (χ0n) is 19.1. The molecule has 0 atom stereocenters. The third kappa shape index (κ3) is 3.34. The number of hydrogen-bond donors (Lipinski definition) is 0. The minimum atomic E-state index is -1.71. The predicted molar refractivity (Wildman–Crippen MR) is 137 cm³/mol. The van der Waals surface area contributed by atoms with Crippen LogP contribution in [0, 0.1) is 11.5 Å². The summed E-state index contributed by atoms with van der Waals surface area (Å²) in [7, 11) is -1.71. The van der Waals surface area contributed by atoms with Crippen molar-refractivity contribution in [2.75, 3.05) is 0 Å². The van der Waals surface area contributed by atoms with E-state index in [4.69, 9.17) is 0 Å². The number of benzene rings is 4. The van der Waals surface area contributed by atoms with Crippen molar-refractivity contribution in [2.45, 2.75) is 58.2 Å². The SMILES string of the molecule is CC(C)[Si](C#Cc1ccc2c(ccc3c4ccccc4ccc23)c1)(C(C)C)C(C)C. The van der Waals surface area contributed by atoms with Gasteiger partial charge in [0, 0.05) is 5.56 Å². The Bertz CT molecular complexity index is 1260. The standard InChI is InChI=1S/C29H32Si/c1-20(2)30(21(3)4,22(5)6)18-17-23-11-14-27-25(19-23)13-16-28-26-10-8-7-9-24(26)12-15-29(27)28/h7-16,19-22H,1-6H3. The molecule has 0 heterocycles. The van der Waals surface area contributed by atoms with Crippen molar-refractivity contribution in [1.82, 2.24) is 0 Å². The van der Waals surface area contributed by atoms with Gasteiger partial charge in [-0.05, 0) is 61.1 Å². The molecule has 0 bridgehead atoms. The third-order valence-electron chi connectivity index (χ3n) is 7.03. The van der Waals surface area contributed by atoms with Gasteiger partial charge in [-0.1, -0.05) is 102 Å². The van der Waals surface area contributed by atoms with Crippen molar-refractivity contribution >= 4 is 40.4 Å². The second-order valence-corrected chi connectivity index (χ2v) is 15.1. The van der Waals surface area contributed by atoms with E-state index in [0.29, 0.717) is 16.6 Å². The van der Waals surface area contributed by atoms with Gasteiger partial charge in [0.1, 0.15) is 8.07 Å². The normalized spacial score (nSPS) is 12.3. The van der Waals surface area contributed by atoms with Gasteiger partial charge in [-0.3, -0.25) is 0 Å². The molecule has 4 aromatic rings. The van der Waals surface area contributed by atoms with Gasteiger partial charge < -0.3 is 0 Å². The Morgan fingerprint density at radius 1 is 0.567 bits per heavy atom. The first kappa shape index (κ1) is 20.7. The third-order valence-corrected chi connectivity index (χ3v) is 13.3. The van der Waals surface area contributed by atoms with Crippen LogP contribution in [0.1, 0.15) is 47.1 Å². The topological polar surface area (TPSA) is 0 Å². The predicted octanol–water partition coefficient (Wildman–Crippen LogP) is 8.72. The Morgan fingerprint density at radius 2 is 1.10 bits per heavy atom.